The molecule has 3 aliphatic rings. The van der Waals surface area contributed by atoms with Gasteiger partial charge in [-0.05, 0) is 37.5 Å². The molecule has 3 aliphatic carbocycles. The normalized spacial score (nSPS) is 37.5. The lowest BCUT2D eigenvalue weighted by atomic mass is 10.1. The molecule has 0 aromatic rings. The summed E-state index contributed by atoms with van der Waals surface area (Å²) in [6.07, 6.45) is 6.14. The SMILES string of the molecule is O=C(C1C2CCCC21)N(CCO)C1CC1. The number of nitrogens with zero attached hydrogens (tertiary/aromatic N) is 1. The number of amides is 1. The van der Waals surface area contributed by atoms with Gasteiger partial charge in [-0.2, -0.15) is 0 Å². The molecule has 0 aromatic heterocycles. The van der Waals surface area contributed by atoms with Crippen LogP contribution in [0.15, 0.2) is 0 Å². The largest absolute Gasteiger partial charge is 0.395 e. The first-order valence-corrected chi connectivity index (χ1v) is 6.24. The Kier molecular flexibility index (Phi) is 2.23. The summed E-state index contributed by atoms with van der Waals surface area (Å²) in [6.45, 7) is 0.670. The van der Waals surface area contributed by atoms with Gasteiger partial charge in [0.1, 0.15) is 0 Å². The topological polar surface area (TPSA) is 40.5 Å². The third kappa shape index (κ3) is 1.57. The Balaban J connectivity index is 1.62. The van der Waals surface area contributed by atoms with Crippen LogP contribution in [-0.4, -0.2) is 35.1 Å². The summed E-state index contributed by atoms with van der Waals surface area (Å²) in [5.41, 5.74) is 0. The van der Waals surface area contributed by atoms with Gasteiger partial charge in [-0.15, -0.1) is 0 Å². The van der Waals surface area contributed by atoms with Crippen LogP contribution in [0, 0.1) is 17.8 Å². The van der Waals surface area contributed by atoms with Crippen molar-refractivity contribution in [2.75, 3.05) is 13.2 Å². The van der Waals surface area contributed by atoms with E-state index in [0.717, 1.165) is 12.8 Å². The molecular formula is C12H19NO2. The molecule has 15 heavy (non-hydrogen) atoms. The molecule has 3 fully saturated rings. The van der Waals surface area contributed by atoms with Gasteiger partial charge in [-0.1, -0.05) is 6.42 Å². The highest BCUT2D eigenvalue weighted by atomic mass is 16.3. The summed E-state index contributed by atoms with van der Waals surface area (Å²) >= 11 is 0. The molecule has 3 saturated carbocycles. The number of hydrogen-bond donors (Lipinski definition) is 1. The monoisotopic (exact) mass is 209 g/mol. The molecule has 0 bridgehead atoms. The Bertz CT molecular complexity index is 265. The van der Waals surface area contributed by atoms with Gasteiger partial charge in [0.2, 0.25) is 5.91 Å². The molecule has 1 N–H and O–H groups in total. The molecule has 0 heterocycles. The van der Waals surface area contributed by atoms with Crippen molar-refractivity contribution in [2.24, 2.45) is 17.8 Å². The maximum Gasteiger partial charge on any atom is 0.226 e. The van der Waals surface area contributed by atoms with Crippen molar-refractivity contribution >= 4 is 5.91 Å². The van der Waals surface area contributed by atoms with Crippen molar-refractivity contribution in [3.05, 3.63) is 0 Å². The van der Waals surface area contributed by atoms with Crippen LogP contribution in [-0.2, 0) is 4.79 Å². The molecule has 0 aliphatic heterocycles. The Morgan fingerprint density at radius 2 is 1.87 bits per heavy atom. The quantitative estimate of drug-likeness (QED) is 0.751. The minimum atomic E-state index is 0.115. The van der Waals surface area contributed by atoms with Crippen LogP contribution in [0.25, 0.3) is 0 Å². The Labute approximate surface area is 90.5 Å². The van der Waals surface area contributed by atoms with E-state index in [1.165, 1.54) is 19.3 Å². The van der Waals surface area contributed by atoms with E-state index in [4.69, 9.17) is 5.11 Å². The molecule has 3 rings (SSSR count). The maximum atomic E-state index is 12.2. The van der Waals surface area contributed by atoms with Crippen LogP contribution in [0.2, 0.25) is 0 Å². The van der Waals surface area contributed by atoms with E-state index >= 15 is 0 Å². The number of aliphatic hydroxyl groups is 1. The lowest BCUT2D eigenvalue weighted by Gasteiger charge is -2.22. The van der Waals surface area contributed by atoms with Crippen molar-refractivity contribution in [1.29, 1.82) is 0 Å². The number of fused-ring (bicyclic) bond motifs is 1. The van der Waals surface area contributed by atoms with E-state index in [0.29, 0.717) is 36.2 Å². The number of aliphatic hydroxyl groups excluding tert-OH is 1. The van der Waals surface area contributed by atoms with Crippen LogP contribution in [0.1, 0.15) is 32.1 Å². The van der Waals surface area contributed by atoms with E-state index in [-0.39, 0.29) is 6.61 Å². The Hall–Kier alpha value is -0.570. The first kappa shape index (κ1) is 9.64. The molecule has 1 amide bonds. The van der Waals surface area contributed by atoms with Crippen molar-refractivity contribution in [3.8, 4) is 0 Å². The van der Waals surface area contributed by atoms with Gasteiger partial charge in [0.25, 0.3) is 0 Å². The summed E-state index contributed by atoms with van der Waals surface area (Å²) in [6, 6.07) is 0.464. The first-order chi connectivity index (χ1) is 7.33. The fraction of sp³-hybridized carbons (Fsp3) is 0.917. The van der Waals surface area contributed by atoms with Crippen molar-refractivity contribution in [1.82, 2.24) is 4.90 Å². The fourth-order valence-electron chi connectivity index (χ4n) is 3.35. The summed E-state index contributed by atoms with van der Waals surface area (Å²) in [4.78, 5) is 14.2. The van der Waals surface area contributed by atoms with E-state index < -0.39 is 0 Å². The highest BCUT2D eigenvalue weighted by Crippen LogP contribution is 2.58. The van der Waals surface area contributed by atoms with Crippen LogP contribution >= 0.6 is 0 Å². The molecule has 2 unspecified atom stereocenters. The van der Waals surface area contributed by atoms with Crippen molar-refractivity contribution < 1.29 is 9.90 Å². The van der Waals surface area contributed by atoms with Gasteiger partial charge >= 0.3 is 0 Å². The number of carbonyl (C=O) groups excluding carboxylic acids is 1. The Morgan fingerprint density at radius 3 is 2.40 bits per heavy atom. The minimum Gasteiger partial charge on any atom is -0.395 e. The molecule has 0 aromatic carbocycles. The third-order valence-corrected chi connectivity index (χ3v) is 4.30. The molecule has 3 nitrogen and oxygen atoms in total. The summed E-state index contributed by atoms with van der Waals surface area (Å²) in [5.74, 6) is 2.10. The average Bonchev–Trinajstić information content (AvgIpc) is 3.14. The molecule has 0 saturated heterocycles. The van der Waals surface area contributed by atoms with E-state index in [1.807, 2.05) is 4.90 Å². The fourth-order valence-corrected chi connectivity index (χ4v) is 3.35. The highest BCUT2D eigenvalue weighted by Gasteiger charge is 2.58. The van der Waals surface area contributed by atoms with E-state index in [1.54, 1.807) is 0 Å². The number of rotatable bonds is 4. The second kappa shape index (κ2) is 3.48. The molecular weight excluding hydrogens is 190 g/mol. The zero-order valence-electron chi connectivity index (χ0n) is 9.06. The second-order valence-corrected chi connectivity index (χ2v) is 5.27. The lowest BCUT2D eigenvalue weighted by molar-refractivity contribution is -0.134. The standard InChI is InChI=1S/C12H19NO2/c14-7-6-13(8-4-5-8)12(15)11-9-2-1-3-10(9)11/h8-11,14H,1-7H2. The minimum absolute atomic E-state index is 0.115. The number of hydrogen-bond acceptors (Lipinski definition) is 2. The summed E-state index contributed by atoms with van der Waals surface area (Å²) in [5, 5.41) is 8.97. The summed E-state index contributed by atoms with van der Waals surface area (Å²) < 4.78 is 0. The highest BCUT2D eigenvalue weighted by molar-refractivity contribution is 5.83. The molecule has 2 atom stereocenters. The lowest BCUT2D eigenvalue weighted by Crippen LogP contribution is -2.37. The van der Waals surface area contributed by atoms with Crippen molar-refractivity contribution in [2.45, 2.75) is 38.1 Å². The third-order valence-electron chi connectivity index (χ3n) is 4.30. The first-order valence-electron chi connectivity index (χ1n) is 6.24. The zero-order valence-corrected chi connectivity index (χ0v) is 9.06. The van der Waals surface area contributed by atoms with Gasteiger partial charge in [0, 0.05) is 18.5 Å². The smallest absolute Gasteiger partial charge is 0.226 e. The average molecular weight is 209 g/mol. The van der Waals surface area contributed by atoms with Crippen LogP contribution in [0.3, 0.4) is 0 Å². The Morgan fingerprint density at radius 1 is 1.20 bits per heavy atom. The molecule has 84 valence electrons. The predicted octanol–water partition coefficient (Wildman–Crippen LogP) is 1.02. The van der Waals surface area contributed by atoms with Crippen molar-refractivity contribution in [3.63, 3.8) is 0 Å². The van der Waals surface area contributed by atoms with E-state index in [2.05, 4.69) is 0 Å². The van der Waals surface area contributed by atoms with Gasteiger partial charge < -0.3 is 10.0 Å². The van der Waals surface area contributed by atoms with Gasteiger partial charge in [-0.25, -0.2) is 0 Å². The van der Waals surface area contributed by atoms with Gasteiger partial charge in [0.05, 0.1) is 6.61 Å². The molecule has 0 spiro atoms. The zero-order chi connectivity index (χ0) is 10.4. The predicted molar refractivity (Wildman–Crippen MR) is 56.1 cm³/mol. The molecule has 3 heteroatoms. The van der Waals surface area contributed by atoms with Crippen LogP contribution in [0.4, 0.5) is 0 Å². The van der Waals surface area contributed by atoms with E-state index in [9.17, 15) is 4.79 Å². The van der Waals surface area contributed by atoms with Gasteiger partial charge in [-0.3, -0.25) is 4.79 Å². The van der Waals surface area contributed by atoms with Crippen LogP contribution in [0.5, 0.6) is 0 Å². The number of carbonyl (C=O) groups is 1. The molecule has 0 radical (unpaired) electrons. The maximum absolute atomic E-state index is 12.2. The van der Waals surface area contributed by atoms with Gasteiger partial charge in [0.15, 0.2) is 0 Å². The second-order valence-electron chi connectivity index (χ2n) is 5.27. The van der Waals surface area contributed by atoms with Crippen LogP contribution < -0.4 is 0 Å². The summed E-state index contributed by atoms with van der Waals surface area (Å²) in [7, 11) is 0.